The summed E-state index contributed by atoms with van der Waals surface area (Å²) in [4.78, 5) is 64.3. The summed E-state index contributed by atoms with van der Waals surface area (Å²) in [7, 11) is 1.82. The normalized spacial score (nSPS) is 19.3. The number of hydrogen-bond acceptors (Lipinski definition) is 12. The van der Waals surface area contributed by atoms with Crippen molar-refractivity contribution in [2.75, 3.05) is 17.2 Å². The Morgan fingerprint density at radius 1 is 1.38 bits per heavy atom. The van der Waals surface area contributed by atoms with Gasteiger partial charge in [0, 0.05) is 23.0 Å². The van der Waals surface area contributed by atoms with Gasteiger partial charge in [0.05, 0.1) is 13.2 Å². The Hall–Kier alpha value is -3.70. The fourth-order valence-corrected chi connectivity index (χ4v) is 6.49. The number of nitrogens with two attached hydrogens (primary N) is 1. The predicted octanol–water partition coefficient (Wildman–Crippen LogP) is 0.0596. The summed E-state index contributed by atoms with van der Waals surface area (Å²) in [5.41, 5.74) is 4.02. The van der Waals surface area contributed by atoms with Gasteiger partial charge in [0.25, 0.3) is 11.8 Å². The van der Waals surface area contributed by atoms with Crippen LogP contribution in [0.25, 0.3) is 0 Å². The Morgan fingerprint density at radius 3 is 2.74 bits per heavy atom. The second kappa shape index (κ2) is 11.2. The molecule has 0 aliphatic carbocycles. The van der Waals surface area contributed by atoms with E-state index in [9.17, 15) is 29.4 Å². The van der Waals surface area contributed by atoms with Crippen LogP contribution in [0.2, 0.25) is 0 Å². The molecule has 14 nitrogen and oxygen atoms in total. The van der Waals surface area contributed by atoms with Gasteiger partial charge in [-0.25, -0.2) is 19.1 Å². The van der Waals surface area contributed by atoms with Crippen molar-refractivity contribution >= 4 is 69.5 Å². The van der Waals surface area contributed by atoms with Gasteiger partial charge in [0.2, 0.25) is 5.60 Å². The number of thiazole rings is 1. The number of aromatic nitrogens is 3. The van der Waals surface area contributed by atoms with Gasteiger partial charge in [-0.05, 0) is 36.2 Å². The zero-order chi connectivity index (χ0) is 28.5. The molecule has 1 fully saturated rings. The fourth-order valence-electron chi connectivity index (χ4n) is 3.52. The standard InChI is InChI=1S/C22H23N7O7S3/c1-22(2,19(34)35)36-27-12(11-9-38-20(23)25-11)15(30)26-13-16(31)29-14(18(32)33)10(7-37-17(13)29)8-39-21-24-5-4-6-28(21)3/h4-6,9,13,17H,7-8H2,1-3H3,(H4-,23,25,26,30,32,33,34,35)/p+1/b27-12-. The van der Waals surface area contributed by atoms with Crippen molar-refractivity contribution in [2.24, 2.45) is 12.2 Å². The average Bonchev–Trinajstić information content (AvgIpc) is 3.31. The number of rotatable bonds is 10. The highest BCUT2D eigenvalue weighted by Crippen LogP contribution is 2.41. The molecule has 2 unspecified atom stereocenters. The second-order valence-electron chi connectivity index (χ2n) is 8.84. The van der Waals surface area contributed by atoms with Crippen LogP contribution in [0, 0.1) is 0 Å². The molecule has 2 amide bonds. The summed E-state index contributed by atoms with van der Waals surface area (Å²) in [6.07, 6.45) is 3.46. The number of fused-ring (bicyclic) bond motifs is 1. The molecule has 206 valence electrons. The summed E-state index contributed by atoms with van der Waals surface area (Å²) in [5, 5.41) is 27.1. The number of aliphatic carboxylic acids is 2. The molecule has 0 radical (unpaired) electrons. The van der Waals surface area contributed by atoms with Crippen LogP contribution in [0.15, 0.2) is 45.4 Å². The minimum absolute atomic E-state index is 0.0317. The molecule has 4 rings (SSSR count). The number of thioether (sulfide) groups is 2. The number of hydrogen-bond donors (Lipinski definition) is 4. The molecule has 1 saturated heterocycles. The number of oxime groups is 1. The number of carboxylic acids is 2. The molecular weight excluding hydrogens is 570 g/mol. The Labute approximate surface area is 234 Å². The van der Waals surface area contributed by atoms with Crippen LogP contribution >= 0.6 is 34.9 Å². The number of anilines is 1. The molecule has 2 aliphatic heterocycles. The first-order valence-corrected chi connectivity index (χ1v) is 14.2. The SMILES string of the molecule is C[n+]1cccnc1SCC1=C(C(=O)O)N2C(=O)C(NC(=O)/C(=N\OC(C)(C)C(=O)O)c3csc(N)n3)C2SC1. The number of carboxylic acid groups (broad SMARTS) is 2. The van der Waals surface area contributed by atoms with E-state index in [1.54, 1.807) is 16.8 Å². The van der Waals surface area contributed by atoms with E-state index in [1.165, 1.54) is 42.8 Å². The number of β-lactam (4-membered cyclic amide) rings is 1. The number of nitrogens with zero attached hydrogens (tertiary/aromatic N) is 5. The molecular formula is C22H24N7O7S3+. The van der Waals surface area contributed by atoms with E-state index in [2.05, 4.69) is 20.4 Å². The summed E-state index contributed by atoms with van der Waals surface area (Å²) >= 11 is 3.69. The second-order valence-corrected chi connectivity index (χ2v) is 11.8. The van der Waals surface area contributed by atoms with Crippen LogP contribution in [-0.4, -0.2) is 83.1 Å². The number of carbonyl (C=O) groups excluding carboxylic acids is 2. The van der Waals surface area contributed by atoms with Gasteiger partial charge < -0.3 is 26.1 Å². The van der Waals surface area contributed by atoms with Gasteiger partial charge in [-0.1, -0.05) is 5.16 Å². The van der Waals surface area contributed by atoms with E-state index in [0.29, 0.717) is 22.2 Å². The van der Waals surface area contributed by atoms with E-state index >= 15 is 0 Å². The van der Waals surface area contributed by atoms with Crippen molar-refractivity contribution in [3.8, 4) is 0 Å². The van der Waals surface area contributed by atoms with Gasteiger partial charge in [0.15, 0.2) is 10.8 Å². The van der Waals surface area contributed by atoms with Crippen LogP contribution in [0.3, 0.4) is 0 Å². The van der Waals surface area contributed by atoms with E-state index in [-0.39, 0.29) is 22.2 Å². The van der Waals surface area contributed by atoms with Crippen molar-refractivity contribution in [2.45, 2.75) is 36.0 Å². The first-order chi connectivity index (χ1) is 18.4. The Morgan fingerprint density at radius 2 is 2.13 bits per heavy atom. The first-order valence-electron chi connectivity index (χ1n) is 11.3. The summed E-state index contributed by atoms with van der Waals surface area (Å²) < 4.78 is 1.81. The van der Waals surface area contributed by atoms with Crippen LogP contribution in [0.4, 0.5) is 5.13 Å². The number of nitrogen functional groups attached to an aromatic ring is 1. The molecule has 0 aromatic carbocycles. The Bertz CT molecular complexity index is 1410. The maximum absolute atomic E-state index is 13.2. The average molecular weight is 595 g/mol. The van der Waals surface area contributed by atoms with Crippen LogP contribution in [-0.2, 0) is 31.1 Å². The highest BCUT2D eigenvalue weighted by atomic mass is 32.2. The maximum atomic E-state index is 13.2. The fraction of sp³-hybridized carbons (Fsp3) is 0.364. The molecule has 5 N–H and O–H groups in total. The van der Waals surface area contributed by atoms with Crippen molar-refractivity contribution in [1.82, 2.24) is 20.2 Å². The number of amides is 2. The van der Waals surface area contributed by atoms with Gasteiger partial charge in [0.1, 0.15) is 29.0 Å². The molecule has 17 heteroatoms. The molecule has 2 aromatic heterocycles. The molecule has 4 heterocycles. The maximum Gasteiger partial charge on any atom is 0.359 e. The van der Waals surface area contributed by atoms with Crippen molar-refractivity contribution in [3.05, 3.63) is 40.8 Å². The van der Waals surface area contributed by atoms with Gasteiger partial charge >= 0.3 is 17.1 Å². The van der Waals surface area contributed by atoms with Crippen LogP contribution < -0.4 is 15.6 Å². The van der Waals surface area contributed by atoms with Gasteiger partial charge in [-0.15, -0.1) is 23.1 Å². The third-order valence-corrected chi connectivity index (χ3v) is 8.81. The largest absolute Gasteiger partial charge is 0.478 e. The summed E-state index contributed by atoms with van der Waals surface area (Å²) in [5.74, 6) is -3.38. The lowest BCUT2D eigenvalue weighted by atomic mass is 10.0. The highest BCUT2D eigenvalue weighted by molar-refractivity contribution is 8.01. The van der Waals surface area contributed by atoms with Crippen molar-refractivity contribution in [1.29, 1.82) is 0 Å². The minimum atomic E-state index is -1.75. The number of nitrogens with one attached hydrogen (secondary N) is 1. The van der Waals surface area contributed by atoms with E-state index in [1.807, 2.05) is 13.2 Å². The van der Waals surface area contributed by atoms with E-state index in [0.717, 1.165) is 16.2 Å². The van der Waals surface area contributed by atoms with Gasteiger partial charge in [-0.3, -0.25) is 14.5 Å². The lowest BCUT2D eigenvalue weighted by molar-refractivity contribution is -0.713. The predicted molar refractivity (Wildman–Crippen MR) is 142 cm³/mol. The first kappa shape index (κ1) is 28.3. The van der Waals surface area contributed by atoms with E-state index in [4.69, 9.17) is 10.6 Å². The molecule has 0 saturated carbocycles. The topological polar surface area (TPSA) is 201 Å². The molecule has 39 heavy (non-hydrogen) atoms. The smallest absolute Gasteiger partial charge is 0.359 e. The minimum Gasteiger partial charge on any atom is -0.478 e. The van der Waals surface area contributed by atoms with Gasteiger partial charge in [-0.2, -0.15) is 0 Å². The molecule has 2 aliphatic rings. The molecule has 0 bridgehead atoms. The Balaban J connectivity index is 1.52. The van der Waals surface area contributed by atoms with Crippen molar-refractivity contribution < 1.29 is 38.8 Å². The lowest BCUT2D eigenvalue weighted by Gasteiger charge is -2.49. The van der Waals surface area contributed by atoms with Crippen LogP contribution in [0.5, 0.6) is 0 Å². The third kappa shape index (κ3) is 5.84. The number of aryl methyl sites for hydroxylation is 1. The zero-order valence-corrected chi connectivity index (χ0v) is 23.3. The highest BCUT2D eigenvalue weighted by Gasteiger charge is 2.54. The van der Waals surface area contributed by atoms with E-state index < -0.39 is 40.8 Å². The summed E-state index contributed by atoms with van der Waals surface area (Å²) in [6, 6.07) is 0.729. The monoisotopic (exact) mass is 594 g/mol. The van der Waals surface area contributed by atoms with Crippen molar-refractivity contribution in [3.63, 3.8) is 0 Å². The zero-order valence-electron chi connectivity index (χ0n) is 20.9. The molecule has 0 spiro atoms. The lowest BCUT2D eigenvalue weighted by Crippen LogP contribution is -2.71. The number of carbonyl (C=O) groups is 4. The third-order valence-electron chi connectivity index (χ3n) is 5.65. The molecule has 2 atom stereocenters. The Kier molecular flexibility index (Phi) is 8.12. The molecule has 2 aromatic rings. The summed E-state index contributed by atoms with van der Waals surface area (Å²) in [6.45, 7) is 2.50. The van der Waals surface area contributed by atoms with Crippen LogP contribution in [0.1, 0.15) is 19.5 Å². The quantitative estimate of drug-likeness (QED) is 0.0721.